The lowest BCUT2D eigenvalue weighted by molar-refractivity contribution is -0.117. The summed E-state index contributed by atoms with van der Waals surface area (Å²) < 4.78 is 12.4. The van der Waals surface area contributed by atoms with Crippen molar-refractivity contribution in [3.63, 3.8) is 0 Å². The highest BCUT2D eigenvalue weighted by atomic mass is 16.5. The van der Waals surface area contributed by atoms with E-state index in [2.05, 4.69) is 50.4 Å². The number of hydrogen-bond donors (Lipinski definition) is 1. The van der Waals surface area contributed by atoms with E-state index in [1.807, 2.05) is 42.5 Å². The first-order chi connectivity index (χ1) is 23.3. The third kappa shape index (κ3) is 20.9. The summed E-state index contributed by atoms with van der Waals surface area (Å²) >= 11 is 0. The molecular weight excluding hydrogens is 594 g/mol. The van der Waals surface area contributed by atoms with E-state index in [-0.39, 0.29) is 12.0 Å². The van der Waals surface area contributed by atoms with Crippen LogP contribution in [0.25, 0.3) is 0 Å². The maximum absolute atomic E-state index is 12.2. The number of nitrogens with one attached hydrogen (secondary N) is 1. The maximum atomic E-state index is 12.2. The molecule has 0 aliphatic heterocycles. The fourth-order valence-electron chi connectivity index (χ4n) is 5.72. The van der Waals surface area contributed by atoms with Gasteiger partial charge in [0.1, 0.15) is 18.1 Å². The number of allylic oxidation sites excluding steroid dienone is 1. The van der Waals surface area contributed by atoms with Gasteiger partial charge in [0.05, 0.1) is 6.10 Å². The molecule has 1 N–H and O–H groups in total. The molecule has 0 aliphatic rings. The van der Waals surface area contributed by atoms with Crippen LogP contribution in [0.2, 0.25) is 0 Å². The first kappa shape index (κ1) is 41.0. The van der Waals surface area contributed by atoms with Gasteiger partial charge in [0, 0.05) is 25.1 Å². The number of amides is 1. The SMILES string of the molecule is CC(=O)CCCCCCCCCCCCCCCCO[C@H](CC=C(C)C)C(C)=CCOc1ccc(CCNC(=O)c2ccccc2)cc1. The van der Waals surface area contributed by atoms with Gasteiger partial charge in [-0.1, -0.05) is 119 Å². The zero-order chi connectivity index (χ0) is 34.7. The van der Waals surface area contributed by atoms with Crippen molar-refractivity contribution < 1.29 is 19.1 Å². The second-order valence-corrected chi connectivity index (χ2v) is 13.6. The van der Waals surface area contributed by atoms with Crippen molar-refractivity contribution in [1.82, 2.24) is 5.32 Å². The molecule has 2 aromatic carbocycles. The van der Waals surface area contributed by atoms with Gasteiger partial charge in [-0.3, -0.25) is 4.79 Å². The maximum Gasteiger partial charge on any atom is 0.251 e. The lowest BCUT2D eigenvalue weighted by atomic mass is 10.0. The molecule has 0 saturated heterocycles. The number of benzene rings is 2. The minimum Gasteiger partial charge on any atom is -0.490 e. The van der Waals surface area contributed by atoms with Crippen molar-refractivity contribution in [2.24, 2.45) is 0 Å². The van der Waals surface area contributed by atoms with Gasteiger partial charge in [0.15, 0.2) is 0 Å². The lowest BCUT2D eigenvalue weighted by Crippen LogP contribution is -2.25. The molecule has 2 rings (SSSR count). The van der Waals surface area contributed by atoms with Gasteiger partial charge in [-0.15, -0.1) is 0 Å². The van der Waals surface area contributed by atoms with Crippen LogP contribution in [-0.4, -0.2) is 37.6 Å². The normalized spacial score (nSPS) is 12.0. The van der Waals surface area contributed by atoms with Crippen molar-refractivity contribution in [3.05, 3.63) is 89.0 Å². The molecule has 0 fully saturated rings. The number of Topliss-reactive ketones (excluding diaryl/α,β-unsaturated/α-hetero) is 1. The predicted molar refractivity (Wildman–Crippen MR) is 202 cm³/mol. The van der Waals surface area contributed by atoms with Crippen LogP contribution in [0, 0.1) is 0 Å². The summed E-state index contributed by atoms with van der Waals surface area (Å²) in [5, 5.41) is 2.98. The molecule has 266 valence electrons. The first-order valence-corrected chi connectivity index (χ1v) is 18.8. The molecule has 5 heteroatoms. The first-order valence-electron chi connectivity index (χ1n) is 18.8. The van der Waals surface area contributed by atoms with Gasteiger partial charge in [-0.05, 0) is 94.9 Å². The van der Waals surface area contributed by atoms with Gasteiger partial charge in [-0.2, -0.15) is 0 Å². The Balaban J connectivity index is 1.56. The third-order valence-corrected chi connectivity index (χ3v) is 8.80. The second-order valence-electron chi connectivity index (χ2n) is 13.6. The molecule has 1 atom stereocenters. The summed E-state index contributed by atoms with van der Waals surface area (Å²) in [7, 11) is 0. The van der Waals surface area contributed by atoms with Crippen LogP contribution in [0.4, 0.5) is 0 Å². The number of rotatable bonds is 28. The molecule has 2 aromatic rings. The van der Waals surface area contributed by atoms with Gasteiger partial charge in [0.25, 0.3) is 5.91 Å². The topological polar surface area (TPSA) is 64.6 Å². The zero-order valence-corrected chi connectivity index (χ0v) is 30.7. The third-order valence-electron chi connectivity index (χ3n) is 8.80. The Labute approximate surface area is 293 Å². The van der Waals surface area contributed by atoms with E-state index >= 15 is 0 Å². The minimum absolute atomic E-state index is 0.0428. The molecule has 0 heterocycles. The molecule has 0 aromatic heterocycles. The number of ketones is 1. The van der Waals surface area contributed by atoms with E-state index in [1.165, 1.54) is 88.2 Å². The Morgan fingerprint density at radius 3 is 1.81 bits per heavy atom. The highest BCUT2D eigenvalue weighted by Gasteiger charge is 2.10. The van der Waals surface area contributed by atoms with E-state index in [0.29, 0.717) is 24.5 Å². The number of unbranched alkanes of at least 4 members (excludes halogenated alkanes) is 13. The van der Waals surface area contributed by atoms with E-state index in [1.54, 1.807) is 6.92 Å². The van der Waals surface area contributed by atoms with Gasteiger partial charge in [-0.25, -0.2) is 0 Å². The Bertz CT molecular complexity index is 1180. The molecule has 0 saturated carbocycles. The van der Waals surface area contributed by atoms with Crippen molar-refractivity contribution in [3.8, 4) is 5.75 Å². The monoisotopic (exact) mass is 659 g/mol. The van der Waals surface area contributed by atoms with Crippen molar-refractivity contribution in [2.75, 3.05) is 19.8 Å². The largest absolute Gasteiger partial charge is 0.490 e. The van der Waals surface area contributed by atoms with Crippen LogP contribution < -0.4 is 10.1 Å². The highest BCUT2D eigenvalue weighted by molar-refractivity contribution is 5.94. The molecule has 0 unspecified atom stereocenters. The fourth-order valence-corrected chi connectivity index (χ4v) is 5.72. The van der Waals surface area contributed by atoms with E-state index in [0.717, 1.165) is 50.0 Å². The summed E-state index contributed by atoms with van der Waals surface area (Å²) in [6.07, 6.45) is 25.0. The average Bonchev–Trinajstić information content (AvgIpc) is 3.08. The van der Waals surface area contributed by atoms with Gasteiger partial charge < -0.3 is 19.6 Å². The standard InChI is InChI=1S/C43H65NO4/c1-36(2)25-30-42(48-34-21-16-14-12-10-8-6-5-7-9-11-13-15-18-22-38(4)45)37(3)32-35-47-41-28-26-39(27-29-41)31-33-44-43(46)40-23-19-17-20-24-40/h17,19-20,23-29,32,42H,5-16,18,21-22,30-31,33-35H2,1-4H3,(H,44,46)/t42-/m1/s1. The van der Waals surface area contributed by atoms with Crippen LogP contribution in [0.5, 0.6) is 5.75 Å². The molecule has 5 nitrogen and oxygen atoms in total. The summed E-state index contributed by atoms with van der Waals surface area (Å²) in [5.74, 6) is 1.12. The Kier molecular flexibility index (Phi) is 22.8. The van der Waals surface area contributed by atoms with E-state index in [9.17, 15) is 9.59 Å². The van der Waals surface area contributed by atoms with Gasteiger partial charge in [0.2, 0.25) is 0 Å². The smallest absolute Gasteiger partial charge is 0.251 e. The summed E-state index contributed by atoms with van der Waals surface area (Å²) in [6.45, 7) is 10.0. The fraction of sp³-hybridized carbons (Fsp3) is 0.581. The predicted octanol–water partition coefficient (Wildman–Crippen LogP) is 11.2. The van der Waals surface area contributed by atoms with Crippen LogP contribution in [0.15, 0.2) is 77.9 Å². The van der Waals surface area contributed by atoms with Crippen LogP contribution in [0.1, 0.15) is 146 Å². The zero-order valence-electron chi connectivity index (χ0n) is 30.7. The summed E-state index contributed by atoms with van der Waals surface area (Å²) in [6, 6.07) is 17.4. The second kappa shape index (κ2) is 26.7. The van der Waals surface area contributed by atoms with Gasteiger partial charge >= 0.3 is 0 Å². The van der Waals surface area contributed by atoms with Crippen molar-refractivity contribution in [2.45, 2.75) is 143 Å². The Morgan fingerprint density at radius 2 is 1.25 bits per heavy atom. The van der Waals surface area contributed by atoms with Crippen LogP contribution in [0.3, 0.4) is 0 Å². The number of ether oxygens (including phenoxy) is 2. The molecule has 1 amide bonds. The quantitative estimate of drug-likeness (QED) is 0.0729. The van der Waals surface area contributed by atoms with Crippen molar-refractivity contribution >= 4 is 11.7 Å². The summed E-state index contributed by atoms with van der Waals surface area (Å²) in [4.78, 5) is 23.2. The Hall–Kier alpha value is -3.18. The van der Waals surface area contributed by atoms with Crippen LogP contribution in [-0.2, 0) is 16.0 Å². The molecule has 0 bridgehead atoms. The van der Waals surface area contributed by atoms with Crippen molar-refractivity contribution in [1.29, 1.82) is 0 Å². The molecule has 0 aliphatic carbocycles. The molecular formula is C43H65NO4. The highest BCUT2D eigenvalue weighted by Crippen LogP contribution is 2.17. The average molecular weight is 660 g/mol. The minimum atomic E-state index is -0.0428. The number of carbonyl (C=O) groups excluding carboxylic acids is 2. The van der Waals surface area contributed by atoms with E-state index in [4.69, 9.17) is 9.47 Å². The number of carbonyl (C=O) groups is 2. The Morgan fingerprint density at radius 1 is 0.688 bits per heavy atom. The molecule has 0 spiro atoms. The van der Waals surface area contributed by atoms with E-state index < -0.39 is 0 Å². The number of hydrogen-bond acceptors (Lipinski definition) is 4. The van der Waals surface area contributed by atoms with Crippen LogP contribution >= 0.6 is 0 Å². The summed E-state index contributed by atoms with van der Waals surface area (Å²) in [5.41, 5.74) is 4.37. The lowest BCUT2D eigenvalue weighted by Gasteiger charge is -2.18. The molecule has 0 radical (unpaired) electrons. The molecule has 48 heavy (non-hydrogen) atoms.